The van der Waals surface area contributed by atoms with Crippen LogP contribution in [0.5, 0.6) is 0 Å². The van der Waals surface area contributed by atoms with Gasteiger partial charge in [0.05, 0.1) is 0 Å². The molecule has 0 spiro atoms. The first-order valence-corrected chi connectivity index (χ1v) is 7.92. The van der Waals surface area contributed by atoms with E-state index in [0.29, 0.717) is 6.04 Å². The molecule has 1 aromatic heterocycles. The van der Waals surface area contributed by atoms with Gasteiger partial charge in [-0.2, -0.15) is 0 Å². The maximum Gasteiger partial charge on any atom is 0.328 e. The van der Waals surface area contributed by atoms with Crippen LogP contribution in [0.2, 0.25) is 0 Å². The van der Waals surface area contributed by atoms with Crippen LogP contribution < -0.4 is 0 Å². The van der Waals surface area contributed by atoms with Crippen molar-refractivity contribution < 1.29 is 9.90 Å². The Bertz CT molecular complexity index is 484. The average Bonchev–Trinajstić information content (AvgIpc) is 2.84. The molecule has 0 aromatic carbocycles. The maximum absolute atomic E-state index is 10.6. The topological polar surface area (TPSA) is 43.8 Å². The van der Waals surface area contributed by atoms with Gasteiger partial charge in [-0.1, -0.05) is 6.92 Å². The highest BCUT2D eigenvalue weighted by molar-refractivity contribution is 7.10. The summed E-state index contributed by atoms with van der Waals surface area (Å²) in [4.78, 5) is 16.8. The predicted molar refractivity (Wildman–Crippen MR) is 83.0 cm³/mol. The summed E-state index contributed by atoms with van der Waals surface area (Å²) in [5, 5.41) is 10.7. The first kappa shape index (κ1) is 15.2. The third-order valence-corrected chi connectivity index (χ3v) is 4.73. The maximum atomic E-state index is 10.6. The standard InChI is InChI=1S/C15H22N2O2S/c1-3-17-8-7-16(10-12(17)2)11-14-13(6-9-20-14)4-5-15(18)19/h4-6,9,12H,3,7-8,10-11H2,1-2H3,(H,18,19). The Morgan fingerprint density at radius 3 is 3.00 bits per heavy atom. The Morgan fingerprint density at radius 1 is 1.55 bits per heavy atom. The smallest absolute Gasteiger partial charge is 0.328 e. The van der Waals surface area contributed by atoms with Crippen LogP contribution in [0.15, 0.2) is 17.5 Å². The zero-order valence-electron chi connectivity index (χ0n) is 12.1. The molecule has 2 heterocycles. The summed E-state index contributed by atoms with van der Waals surface area (Å²) in [6, 6.07) is 2.58. The number of likely N-dealkylation sites (N-methyl/N-ethyl adjacent to an activating group) is 1. The monoisotopic (exact) mass is 294 g/mol. The molecule has 110 valence electrons. The molecular formula is C15H22N2O2S. The fourth-order valence-electron chi connectivity index (χ4n) is 2.68. The minimum atomic E-state index is -0.896. The van der Waals surface area contributed by atoms with Gasteiger partial charge in [-0.3, -0.25) is 9.80 Å². The van der Waals surface area contributed by atoms with Gasteiger partial charge in [-0.15, -0.1) is 11.3 Å². The van der Waals surface area contributed by atoms with E-state index in [-0.39, 0.29) is 0 Å². The number of thiophene rings is 1. The molecule has 20 heavy (non-hydrogen) atoms. The van der Waals surface area contributed by atoms with Crippen molar-refractivity contribution >= 4 is 23.4 Å². The second kappa shape index (κ2) is 7.02. The second-order valence-electron chi connectivity index (χ2n) is 5.18. The summed E-state index contributed by atoms with van der Waals surface area (Å²) in [5.74, 6) is -0.896. The van der Waals surface area contributed by atoms with Crippen LogP contribution in [0.3, 0.4) is 0 Å². The number of hydrogen-bond acceptors (Lipinski definition) is 4. The molecule has 1 aliphatic heterocycles. The average molecular weight is 294 g/mol. The van der Waals surface area contributed by atoms with E-state index in [1.807, 2.05) is 11.4 Å². The van der Waals surface area contributed by atoms with Gasteiger partial charge in [-0.05, 0) is 36.6 Å². The number of hydrogen-bond donors (Lipinski definition) is 1. The van der Waals surface area contributed by atoms with E-state index < -0.39 is 5.97 Å². The molecule has 1 unspecified atom stereocenters. The molecule has 0 aliphatic carbocycles. The van der Waals surface area contributed by atoms with Gasteiger partial charge in [-0.25, -0.2) is 4.79 Å². The van der Waals surface area contributed by atoms with Gasteiger partial charge in [0.15, 0.2) is 0 Å². The molecule has 0 amide bonds. The Morgan fingerprint density at radius 2 is 2.35 bits per heavy atom. The highest BCUT2D eigenvalue weighted by atomic mass is 32.1. The lowest BCUT2D eigenvalue weighted by Gasteiger charge is -2.39. The molecule has 1 aromatic rings. The Balaban J connectivity index is 1.97. The van der Waals surface area contributed by atoms with Crippen LogP contribution in [0, 0.1) is 0 Å². The lowest BCUT2D eigenvalue weighted by atomic mass is 10.1. The lowest BCUT2D eigenvalue weighted by molar-refractivity contribution is -0.131. The molecule has 1 N–H and O–H groups in total. The first-order valence-electron chi connectivity index (χ1n) is 7.04. The van der Waals surface area contributed by atoms with Gasteiger partial charge in [0.1, 0.15) is 0 Å². The number of aliphatic carboxylic acids is 1. The van der Waals surface area contributed by atoms with E-state index in [1.165, 1.54) is 11.0 Å². The Kier molecular flexibility index (Phi) is 5.34. The highest BCUT2D eigenvalue weighted by Gasteiger charge is 2.22. The number of carboxylic acids is 1. The zero-order valence-corrected chi connectivity index (χ0v) is 12.9. The van der Waals surface area contributed by atoms with Crippen molar-refractivity contribution in [3.05, 3.63) is 28.0 Å². The Labute approximate surface area is 124 Å². The highest BCUT2D eigenvalue weighted by Crippen LogP contribution is 2.22. The fraction of sp³-hybridized carbons (Fsp3) is 0.533. The third-order valence-electron chi connectivity index (χ3n) is 3.81. The van der Waals surface area contributed by atoms with Crippen molar-refractivity contribution in [2.45, 2.75) is 26.4 Å². The summed E-state index contributed by atoms with van der Waals surface area (Å²) in [6.45, 7) is 9.78. The number of nitrogens with zero attached hydrogens (tertiary/aromatic N) is 2. The number of carboxylic acid groups (broad SMARTS) is 1. The van der Waals surface area contributed by atoms with Crippen LogP contribution in [-0.4, -0.2) is 53.1 Å². The summed E-state index contributed by atoms with van der Waals surface area (Å²) < 4.78 is 0. The van der Waals surface area contributed by atoms with Crippen molar-refractivity contribution in [2.75, 3.05) is 26.2 Å². The third kappa shape index (κ3) is 3.91. The predicted octanol–water partition coefficient (Wildman–Crippen LogP) is 2.37. The molecule has 1 saturated heterocycles. The lowest BCUT2D eigenvalue weighted by Crippen LogP contribution is -2.51. The van der Waals surface area contributed by atoms with Gasteiger partial charge < -0.3 is 5.11 Å². The molecule has 2 rings (SSSR count). The molecular weight excluding hydrogens is 272 g/mol. The molecule has 0 bridgehead atoms. The van der Waals surface area contributed by atoms with Crippen molar-refractivity contribution in [3.8, 4) is 0 Å². The minimum absolute atomic E-state index is 0.590. The van der Waals surface area contributed by atoms with Crippen molar-refractivity contribution in [2.24, 2.45) is 0 Å². The molecule has 5 heteroatoms. The molecule has 0 radical (unpaired) electrons. The molecule has 4 nitrogen and oxygen atoms in total. The van der Waals surface area contributed by atoms with E-state index in [4.69, 9.17) is 5.11 Å². The molecule has 1 fully saturated rings. The number of rotatable bonds is 5. The first-order chi connectivity index (χ1) is 9.60. The van der Waals surface area contributed by atoms with Gasteiger partial charge in [0, 0.05) is 43.2 Å². The van der Waals surface area contributed by atoms with Crippen molar-refractivity contribution in [3.63, 3.8) is 0 Å². The van der Waals surface area contributed by atoms with Crippen LogP contribution in [0.1, 0.15) is 24.3 Å². The van der Waals surface area contributed by atoms with E-state index >= 15 is 0 Å². The molecule has 1 aliphatic rings. The second-order valence-corrected chi connectivity index (χ2v) is 6.18. The van der Waals surface area contributed by atoms with Crippen molar-refractivity contribution in [1.29, 1.82) is 0 Å². The van der Waals surface area contributed by atoms with Crippen LogP contribution in [0.4, 0.5) is 0 Å². The summed E-state index contributed by atoms with van der Waals surface area (Å²) in [6.07, 6.45) is 2.91. The number of carbonyl (C=O) groups is 1. The van der Waals surface area contributed by atoms with Crippen LogP contribution >= 0.6 is 11.3 Å². The molecule has 1 atom stereocenters. The minimum Gasteiger partial charge on any atom is -0.478 e. The summed E-state index contributed by atoms with van der Waals surface area (Å²) in [5.41, 5.74) is 1.03. The number of piperazine rings is 1. The van der Waals surface area contributed by atoms with Crippen LogP contribution in [-0.2, 0) is 11.3 Å². The Hall–Kier alpha value is -1.17. The zero-order chi connectivity index (χ0) is 14.5. The normalized spacial score (nSPS) is 21.6. The van der Waals surface area contributed by atoms with E-state index in [2.05, 4.69) is 23.6 Å². The van der Waals surface area contributed by atoms with E-state index in [1.54, 1.807) is 17.4 Å². The SMILES string of the molecule is CCN1CCN(Cc2sccc2C=CC(=O)O)CC1C. The summed E-state index contributed by atoms with van der Waals surface area (Å²) in [7, 11) is 0. The van der Waals surface area contributed by atoms with E-state index in [9.17, 15) is 4.79 Å². The van der Waals surface area contributed by atoms with E-state index in [0.717, 1.165) is 38.3 Å². The van der Waals surface area contributed by atoms with Gasteiger partial charge >= 0.3 is 5.97 Å². The van der Waals surface area contributed by atoms with Crippen LogP contribution in [0.25, 0.3) is 6.08 Å². The quantitative estimate of drug-likeness (QED) is 0.847. The summed E-state index contributed by atoms with van der Waals surface area (Å²) >= 11 is 1.70. The van der Waals surface area contributed by atoms with Gasteiger partial charge in [0.2, 0.25) is 0 Å². The molecule has 0 saturated carbocycles. The fourth-order valence-corrected chi connectivity index (χ4v) is 3.58. The van der Waals surface area contributed by atoms with Gasteiger partial charge in [0.25, 0.3) is 0 Å². The largest absolute Gasteiger partial charge is 0.478 e. The van der Waals surface area contributed by atoms with Crippen molar-refractivity contribution in [1.82, 2.24) is 9.80 Å².